The fraction of sp³-hybridized carbons (Fsp3) is 0.400. The topological polar surface area (TPSA) is 93.4 Å². The molecule has 1 aromatic carbocycles. The predicted octanol–water partition coefficient (Wildman–Crippen LogP) is 2.24. The Hall–Kier alpha value is -2.55. The van der Waals surface area contributed by atoms with Crippen molar-refractivity contribution in [2.45, 2.75) is 20.3 Å². The summed E-state index contributed by atoms with van der Waals surface area (Å²) >= 11 is 1.39. The predicted molar refractivity (Wildman–Crippen MR) is 94.6 cm³/mol. The smallest absolute Gasteiger partial charge is 0.247 e. The monoisotopic (exact) mass is 344 g/mol. The Morgan fingerprint density at radius 2 is 1.92 bits per heavy atom. The van der Waals surface area contributed by atoms with Gasteiger partial charge in [-0.1, -0.05) is 37.1 Å². The van der Waals surface area contributed by atoms with Gasteiger partial charge >= 0.3 is 0 Å². The lowest BCUT2D eigenvalue weighted by Crippen LogP contribution is -2.16. The van der Waals surface area contributed by atoms with E-state index in [4.69, 9.17) is 0 Å². The molecule has 0 saturated carbocycles. The van der Waals surface area contributed by atoms with E-state index in [1.54, 1.807) is 4.68 Å². The Balaban J connectivity index is 1.49. The van der Waals surface area contributed by atoms with E-state index in [-0.39, 0.29) is 0 Å². The first-order valence-electron chi connectivity index (χ1n) is 7.86. The molecule has 0 aliphatic heterocycles. The van der Waals surface area contributed by atoms with Crippen molar-refractivity contribution in [2.75, 3.05) is 23.7 Å². The Labute approximate surface area is 144 Å². The van der Waals surface area contributed by atoms with E-state index >= 15 is 0 Å². The molecule has 9 heteroatoms. The first kappa shape index (κ1) is 16.3. The highest BCUT2D eigenvalue weighted by atomic mass is 32.1. The second kappa shape index (κ2) is 7.82. The largest absolute Gasteiger partial charge is 0.359 e. The molecule has 0 amide bonds. The minimum absolute atomic E-state index is 0.561. The third-order valence-electron chi connectivity index (χ3n) is 3.21. The van der Waals surface area contributed by atoms with E-state index in [1.165, 1.54) is 11.5 Å². The van der Waals surface area contributed by atoms with E-state index in [0.717, 1.165) is 23.1 Å². The number of para-hydroxylation sites is 1. The molecule has 3 aromatic rings. The van der Waals surface area contributed by atoms with Crippen LogP contribution >= 0.6 is 11.5 Å². The zero-order valence-electron chi connectivity index (χ0n) is 13.7. The van der Waals surface area contributed by atoms with Crippen LogP contribution < -0.4 is 10.6 Å². The van der Waals surface area contributed by atoms with Gasteiger partial charge < -0.3 is 10.6 Å². The second-order valence-corrected chi connectivity index (χ2v) is 6.47. The fourth-order valence-electron chi connectivity index (χ4n) is 2.16. The Kier molecular flexibility index (Phi) is 5.32. The van der Waals surface area contributed by atoms with Gasteiger partial charge in [0.2, 0.25) is 11.1 Å². The van der Waals surface area contributed by atoms with E-state index in [0.29, 0.717) is 25.0 Å². The molecule has 2 heterocycles. The lowest BCUT2D eigenvalue weighted by Gasteiger charge is -2.07. The summed E-state index contributed by atoms with van der Waals surface area (Å²) in [4.78, 5) is 4.47. The van der Waals surface area contributed by atoms with Crippen molar-refractivity contribution in [3.63, 3.8) is 0 Å². The summed E-state index contributed by atoms with van der Waals surface area (Å²) in [7, 11) is 0. The Morgan fingerprint density at radius 1 is 1.12 bits per heavy atom. The van der Waals surface area contributed by atoms with Gasteiger partial charge in [-0.05, 0) is 28.5 Å². The molecule has 0 unspecified atom stereocenters. The van der Waals surface area contributed by atoms with Crippen molar-refractivity contribution in [1.82, 2.24) is 29.6 Å². The van der Waals surface area contributed by atoms with Crippen molar-refractivity contribution in [3.8, 4) is 5.69 Å². The molecule has 3 rings (SSSR count). The molecule has 126 valence electrons. The van der Waals surface area contributed by atoms with Gasteiger partial charge in [0.25, 0.3) is 0 Å². The van der Waals surface area contributed by atoms with Crippen molar-refractivity contribution in [3.05, 3.63) is 36.2 Å². The Morgan fingerprint density at radius 3 is 2.71 bits per heavy atom. The van der Waals surface area contributed by atoms with Gasteiger partial charge in [-0.15, -0.1) is 0 Å². The number of aromatic nitrogens is 6. The van der Waals surface area contributed by atoms with Crippen LogP contribution in [0.4, 0.5) is 11.1 Å². The van der Waals surface area contributed by atoms with Crippen LogP contribution in [0.3, 0.4) is 0 Å². The molecule has 0 atom stereocenters. The lowest BCUT2D eigenvalue weighted by molar-refractivity contribution is 0.627. The maximum atomic E-state index is 4.47. The van der Waals surface area contributed by atoms with Crippen molar-refractivity contribution in [2.24, 2.45) is 5.92 Å². The average molecular weight is 344 g/mol. The van der Waals surface area contributed by atoms with Gasteiger partial charge in [-0.2, -0.15) is 9.06 Å². The van der Waals surface area contributed by atoms with Crippen LogP contribution in [0.1, 0.15) is 19.7 Å². The standard InChI is InChI=1S/C15H20N8S/c1-11(2)10-13-18-15(24-20-13)17-9-8-16-14-19-21-22-23(14)12-6-4-3-5-7-12/h3-7,11H,8-10H2,1-2H3,(H,16,19,22)(H,17,18,20). The minimum atomic E-state index is 0.561. The molecule has 0 saturated heterocycles. The molecule has 0 bridgehead atoms. The molecule has 2 aromatic heterocycles. The lowest BCUT2D eigenvalue weighted by atomic mass is 10.1. The third kappa shape index (κ3) is 4.25. The van der Waals surface area contributed by atoms with Gasteiger partial charge in [0.05, 0.1) is 5.69 Å². The molecule has 0 radical (unpaired) electrons. The maximum absolute atomic E-state index is 4.47. The van der Waals surface area contributed by atoms with Crippen LogP contribution in [0.25, 0.3) is 5.69 Å². The van der Waals surface area contributed by atoms with Gasteiger partial charge in [-0.25, -0.2) is 4.98 Å². The maximum Gasteiger partial charge on any atom is 0.247 e. The van der Waals surface area contributed by atoms with Crippen LogP contribution in [0.5, 0.6) is 0 Å². The highest BCUT2D eigenvalue weighted by Crippen LogP contribution is 2.13. The number of benzene rings is 1. The summed E-state index contributed by atoms with van der Waals surface area (Å²) < 4.78 is 6.02. The molecule has 24 heavy (non-hydrogen) atoms. The van der Waals surface area contributed by atoms with E-state index < -0.39 is 0 Å². The number of nitrogens with one attached hydrogen (secondary N) is 2. The number of hydrogen-bond donors (Lipinski definition) is 2. The first-order valence-corrected chi connectivity index (χ1v) is 8.64. The number of anilines is 2. The molecule has 0 aliphatic rings. The summed E-state index contributed by atoms with van der Waals surface area (Å²) in [6.07, 6.45) is 0.905. The second-order valence-electron chi connectivity index (χ2n) is 5.72. The zero-order valence-corrected chi connectivity index (χ0v) is 14.5. The average Bonchev–Trinajstić information content (AvgIpc) is 3.21. The Bertz CT molecular complexity index is 752. The van der Waals surface area contributed by atoms with Gasteiger partial charge in [0, 0.05) is 31.0 Å². The van der Waals surface area contributed by atoms with Gasteiger partial charge in [0.15, 0.2) is 0 Å². The van der Waals surface area contributed by atoms with E-state index in [2.05, 4.69) is 49.4 Å². The number of tetrazole rings is 1. The molecular weight excluding hydrogens is 324 g/mol. The van der Waals surface area contributed by atoms with Crippen molar-refractivity contribution >= 4 is 22.6 Å². The summed E-state index contributed by atoms with van der Waals surface area (Å²) in [5, 5.41) is 19.1. The normalized spacial score (nSPS) is 11.0. The van der Waals surface area contributed by atoms with Crippen LogP contribution in [0.15, 0.2) is 30.3 Å². The molecule has 0 fully saturated rings. The first-order chi connectivity index (χ1) is 11.7. The van der Waals surface area contributed by atoms with Crippen LogP contribution in [0, 0.1) is 5.92 Å². The molecule has 0 spiro atoms. The number of hydrogen-bond acceptors (Lipinski definition) is 8. The highest BCUT2D eigenvalue weighted by molar-refractivity contribution is 7.09. The van der Waals surface area contributed by atoms with Crippen LogP contribution in [0.2, 0.25) is 0 Å². The van der Waals surface area contributed by atoms with Crippen molar-refractivity contribution in [1.29, 1.82) is 0 Å². The number of rotatable bonds is 8. The number of nitrogens with zero attached hydrogens (tertiary/aromatic N) is 6. The van der Waals surface area contributed by atoms with Gasteiger partial charge in [-0.3, -0.25) is 0 Å². The van der Waals surface area contributed by atoms with E-state index in [9.17, 15) is 0 Å². The van der Waals surface area contributed by atoms with Crippen LogP contribution in [-0.2, 0) is 6.42 Å². The highest BCUT2D eigenvalue weighted by Gasteiger charge is 2.08. The third-order valence-corrected chi connectivity index (χ3v) is 3.92. The van der Waals surface area contributed by atoms with E-state index in [1.807, 2.05) is 30.3 Å². The summed E-state index contributed by atoms with van der Waals surface area (Å²) in [5.74, 6) is 2.07. The quantitative estimate of drug-likeness (QED) is 0.605. The van der Waals surface area contributed by atoms with Crippen molar-refractivity contribution < 1.29 is 0 Å². The molecule has 8 nitrogen and oxygen atoms in total. The molecule has 2 N–H and O–H groups in total. The molecular formula is C15H20N8S. The van der Waals surface area contributed by atoms with Crippen LogP contribution in [-0.4, -0.2) is 42.7 Å². The van der Waals surface area contributed by atoms with Gasteiger partial charge in [0.1, 0.15) is 5.82 Å². The minimum Gasteiger partial charge on any atom is -0.359 e. The fourth-order valence-corrected chi connectivity index (χ4v) is 2.78. The summed E-state index contributed by atoms with van der Waals surface area (Å²) in [6.45, 7) is 5.70. The molecule has 0 aliphatic carbocycles. The summed E-state index contributed by atoms with van der Waals surface area (Å²) in [6, 6.07) is 9.77. The summed E-state index contributed by atoms with van der Waals surface area (Å²) in [5.41, 5.74) is 0.917. The SMILES string of the molecule is CC(C)Cc1nsc(NCCNc2nnnn2-c2ccccc2)n1. The zero-order chi connectivity index (χ0) is 16.8.